The van der Waals surface area contributed by atoms with Crippen LogP contribution in [0.5, 0.6) is 0 Å². The van der Waals surface area contributed by atoms with Crippen LogP contribution in [-0.4, -0.2) is 28.0 Å². The van der Waals surface area contributed by atoms with Gasteiger partial charge in [-0.3, -0.25) is 16.0 Å². The summed E-state index contributed by atoms with van der Waals surface area (Å²) in [5.41, 5.74) is 0.0146. The molecule has 0 radical (unpaired) electrons. The standard InChI is InChI=1S/C17H11F3N5.K/c1-8-11-6-10(4-5-13(11)25-24-8)14-12(7-21)16(17(18,19)20)23-9(2)15(14)22-3;/h4-6,14H,1-2H3,(H,24,25);/q-1;+1/t14-;/m1./s1. The number of allylic oxidation sites excluding steroid dienone is 2. The van der Waals surface area contributed by atoms with E-state index in [0.29, 0.717) is 11.1 Å². The van der Waals surface area contributed by atoms with Crippen LogP contribution in [0.4, 0.5) is 13.2 Å². The molecule has 0 saturated heterocycles. The number of alkyl halides is 3. The molecule has 0 amide bonds. The molecule has 0 saturated carbocycles. The third kappa shape index (κ3) is 3.49. The fourth-order valence-electron chi connectivity index (χ4n) is 2.91. The number of aromatic amines is 1. The molecule has 0 spiro atoms. The van der Waals surface area contributed by atoms with E-state index in [2.05, 4.69) is 20.0 Å². The Hall–Kier alpha value is -1.53. The van der Waals surface area contributed by atoms with Crippen LogP contribution in [0.3, 0.4) is 0 Å². The minimum absolute atomic E-state index is 0. The van der Waals surface area contributed by atoms with Crippen molar-refractivity contribution in [3.05, 3.63) is 63.3 Å². The number of nitrogens with one attached hydrogen (secondary N) is 1. The molecule has 3 rings (SSSR count). The molecule has 1 aliphatic heterocycles. The molecule has 0 bridgehead atoms. The molecule has 2 heterocycles. The van der Waals surface area contributed by atoms with Crippen LogP contribution >= 0.6 is 0 Å². The topological polar surface area (TPSA) is 67.7 Å². The minimum atomic E-state index is -4.77. The first-order valence-electron chi connectivity index (χ1n) is 7.24. The Kier molecular flexibility index (Phi) is 6.08. The predicted molar refractivity (Wildman–Crippen MR) is 88.2 cm³/mol. The van der Waals surface area contributed by atoms with Crippen molar-refractivity contribution in [3.63, 3.8) is 0 Å². The fraction of sp³-hybridized carbons (Fsp3) is 0.235. The number of hydrogen-bond donors (Lipinski definition) is 1. The molecule has 9 heteroatoms. The summed E-state index contributed by atoms with van der Waals surface area (Å²) in [6, 6.07) is 4.90. The summed E-state index contributed by atoms with van der Waals surface area (Å²) < 4.78 is 40.0. The molecular formula is C17H11F3KN5. The van der Waals surface area contributed by atoms with Gasteiger partial charge in [0.25, 0.3) is 0 Å². The smallest absolute Gasteiger partial charge is 0.763 e. The fourth-order valence-corrected chi connectivity index (χ4v) is 2.91. The molecule has 1 aromatic carbocycles. The zero-order chi connectivity index (χ0) is 18.4. The van der Waals surface area contributed by atoms with Gasteiger partial charge in [0.15, 0.2) is 11.4 Å². The Bertz CT molecular complexity index is 1030. The maximum absolute atomic E-state index is 13.3. The third-order valence-corrected chi connectivity index (χ3v) is 4.08. The van der Waals surface area contributed by atoms with Crippen molar-refractivity contribution < 1.29 is 64.6 Å². The van der Waals surface area contributed by atoms with E-state index in [1.54, 1.807) is 31.0 Å². The maximum Gasteiger partial charge on any atom is 1.00 e. The quantitative estimate of drug-likeness (QED) is 0.452. The molecule has 1 aromatic heterocycles. The van der Waals surface area contributed by atoms with Gasteiger partial charge in [0, 0.05) is 22.4 Å². The van der Waals surface area contributed by atoms with E-state index >= 15 is 0 Å². The number of H-pyrrole nitrogens is 1. The van der Waals surface area contributed by atoms with Crippen molar-refractivity contribution in [2.75, 3.05) is 0 Å². The van der Waals surface area contributed by atoms with E-state index in [0.717, 1.165) is 11.1 Å². The van der Waals surface area contributed by atoms with Gasteiger partial charge >= 0.3 is 57.6 Å². The normalized spacial score (nSPS) is 17.5. The number of aromatic nitrogens is 2. The van der Waals surface area contributed by atoms with Crippen LogP contribution in [0, 0.1) is 13.5 Å². The largest absolute Gasteiger partial charge is 1.00 e. The van der Waals surface area contributed by atoms with Crippen molar-refractivity contribution in [1.82, 2.24) is 10.2 Å². The summed E-state index contributed by atoms with van der Waals surface area (Å²) in [5.74, 6) is 0.514. The molecule has 5 nitrogen and oxygen atoms in total. The zero-order valence-electron chi connectivity index (χ0n) is 14.2. The number of rotatable bonds is 1. The summed E-state index contributed by atoms with van der Waals surface area (Å²) in [6.07, 6.45) is -4.77. The van der Waals surface area contributed by atoms with E-state index in [1.807, 2.05) is 0 Å². The number of nitrogens with zero attached hydrogens (tertiary/aromatic N) is 4. The zero-order valence-corrected chi connectivity index (χ0v) is 17.4. The second-order valence-electron chi connectivity index (χ2n) is 5.62. The molecule has 1 atom stereocenters. The van der Waals surface area contributed by atoms with Gasteiger partial charge in [-0.1, -0.05) is 6.07 Å². The van der Waals surface area contributed by atoms with Gasteiger partial charge in [-0.25, -0.2) is 4.85 Å². The van der Waals surface area contributed by atoms with Crippen molar-refractivity contribution in [2.24, 2.45) is 4.99 Å². The van der Waals surface area contributed by atoms with Crippen molar-refractivity contribution in [1.29, 1.82) is 0 Å². The SMILES string of the molecule is [C-]#[N+]C1=C(C)N=C(C(F)(F)F)C(=C=[N-])[C@H]1c1ccc2n[nH]c(C)c2c1.[K+]. The number of halogens is 3. The minimum Gasteiger partial charge on any atom is -0.763 e. The Balaban J connectivity index is 0.00000243. The van der Waals surface area contributed by atoms with Gasteiger partial charge in [0.2, 0.25) is 0 Å². The van der Waals surface area contributed by atoms with Gasteiger partial charge < -0.3 is 5.41 Å². The average Bonchev–Trinajstić information content (AvgIpc) is 2.93. The van der Waals surface area contributed by atoms with Crippen molar-refractivity contribution in [2.45, 2.75) is 25.9 Å². The number of benzene rings is 1. The van der Waals surface area contributed by atoms with Crippen molar-refractivity contribution >= 4 is 22.5 Å². The number of aryl methyl sites for hydroxylation is 1. The number of aliphatic imine (C=N–C) groups is 1. The van der Waals surface area contributed by atoms with Gasteiger partial charge in [-0.2, -0.15) is 18.3 Å². The number of fused-ring (bicyclic) bond motifs is 1. The predicted octanol–water partition coefficient (Wildman–Crippen LogP) is 1.29. The average molecular weight is 381 g/mol. The summed E-state index contributed by atoms with van der Waals surface area (Å²) in [5, 5.41) is 17.0. The first-order valence-corrected chi connectivity index (χ1v) is 7.24. The molecule has 1 N–H and O–H groups in total. The van der Waals surface area contributed by atoms with Gasteiger partial charge in [0.1, 0.15) is 0 Å². The molecule has 0 fully saturated rings. The first kappa shape index (κ1) is 20.8. The van der Waals surface area contributed by atoms with Crippen LogP contribution < -0.4 is 51.4 Å². The van der Waals surface area contributed by atoms with Gasteiger partial charge in [0.05, 0.1) is 18.0 Å². The first-order chi connectivity index (χ1) is 11.8. The summed E-state index contributed by atoms with van der Waals surface area (Å²) in [7, 11) is 0. The molecule has 2 aromatic rings. The molecule has 0 unspecified atom stereocenters. The molecule has 1 aliphatic rings. The monoisotopic (exact) mass is 381 g/mol. The third-order valence-electron chi connectivity index (χ3n) is 4.08. The summed E-state index contributed by atoms with van der Waals surface area (Å²) in [6.45, 7) is 10.5. The maximum atomic E-state index is 13.3. The van der Waals surface area contributed by atoms with E-state index in [1.165, 1.54) is 6.92 Å². The number of hydrogen-bond acceptors (Lipinski definition) is 2. The molecular weight excluding hydrogens is 370 g/mol. The van der Waals surface area contributed by atoms with Crippen LogP contribution in [0.15, 0.2) is 40.2 Å². The Morgan fingerprint density at radius 2 is 2.00 bits per heavy atom. The van der Waals surface area contributed by atoms with Crippen LogP contribution in [0.1, 0.15) is 24.1 Å². The van der Waals surface area contributed by atoms with Gasteiger partial charge in [-0.15, -0.1) is 0 Å². The van der Waals surface area contributed by atoms with Crippen LogP contribution in [0.25, 0.3) is 21.2 Å². The van der Waals surface area contributed by atoms with E-state index in [9.17, 15) is 18.6 Å². The van der Waals surface area contributed by atoms with E-state index in [4.69, 9.17) is 6.57 Å². The van der Waals surface area contributed by atoms with E-state index in [-0.39, 0.29) is 62.8 Å². The molecule has 126 valence electrons. The Morgan fingerprint density at radius 1 is 1.31 bits per heavy atom. The Morgan fingerprint density at radius 3 is 2.58 bits per heavy atom. The van der Waals surface area contributed by atoms with Crippen LogP contribution in [0.2, 0.25) is 0 Å². The summed E-state index contributed by atoms with van der Waals surface area (Å²) in [4.78, 5) is 6.83. The second-order valence-corrected chi connectivity index (χ2v) is 5.62. The molecule has 0 aliphatic carbocycles. The Labute approximate surface area is 189 Å². The second kappa shape index (κ2) is 7.60. The van der Waals surface area contributed by atoms with Crippen molar-refractivity contribution in [3.8, 4) is 0 Å². The van der Waals surface area contributed by atoms with Gasteiger partial charge in [-0.05, 0) is 31.5 Å². The summed E-state index contributed by atoms with van der Waals surface area (Å²) >= 11 is 0. The van der Waals surface area contributed by atoms with E-state index < -0.39 is 23.4 Å². The molecule has 26 heavy (non-hydrogen) atoms. The van der Waals surface area contributed by atoms with Crippen LogP contribution in [-0.2, 0) is 0 Å².